The van der Waals surface area contributed by atoms with Gasteiger partial charge < -0.3 is 15.2 Å². The van der Waals surface area contributed by atoms with Gasteiger partial charge >= 0.3 is 5.97 Å². The number of cyclic esters (lactones) is 1. The number of ether oxygens (including phenoxy) is 2. The number of nitrogens with zero attached hydrogens (tertiary/aromatic N) is 2. The molecule has 1 saturated carbocycles. The number of esters is 1. The van der Waals surface area contributed by atoms with Crippen LogP contribution in [0, 0.1) is 34.5 Å². The van der Waals surface area contributed by atoms with Crippen LogP contribution in [-0.4, -0.2) is 42.1 Å². The van der Waals surface area contributed by atoms with Crippen LogP contribution >= 0.6 is 0 Å². The first-order chi connectivity index (χ1) is 17.1. The molecule has 36 heavy (non-hydrogen) atoms. The Morgan fingerprint density at radius 2 is 2.03 bits per heavy atom. The van der Waals surface area contributed by atoms with Crippen molar-refractivity contribution in [1.82, 2.24) is 4.98 Å². The summed E-state index contributed by atoms with van der Waals surface area (Å²) in [6, 6.07) is 12.8. The number of pyridine rings is 1. The van der Waals surface area contributed by atoms with Crippen LogP contribution in [-0.2, 0) is 19.1 Å². The molecule has 4 rings (SSSR count). The van der Waals surface area contributed by atoms with E-state index in [2.05, 4.69) is 11.1 Å². The smallest absolute Gasteiger partial charge is 0.316 e. The fourth-order valence-electron chi connectivity index (χ4n) is 5.84. The number of amides is 1. The fourth-order valence-corrected chi connectivity index (χ4v) is 5.84. The Bertz CT molecular complexity index is 1240. The van der Waals surface area contributed by atoms with Crippen molar-refractivity contribution in [2.24, 2.45) is 28.9 Å². The molecule has 1 aliphatic heterocycles. The van der Waals surface area contributed by atoms with Crippen molar-refractivity contribution >= 4 is 18.0 Å². The first-order valence-corrected chi connectivity index (χ1v) is 11.6. The van der Waals surface area contributed by atoms with Gasteiger partial charge in [0.1, 0.15) is 11.5 Å². The van der Waals surface area contributed by atoms with E-state index in [1.165, 1.54) is 14.0 Å². The second-order valence-electron chi connectivity index (χ2n) is 9.49. The predicted molar refractivity (Wildman–Crippen MR) is 127 cm³/mol. The maximum atomic E-state index is 15.3. The van der Waals surface area contributed by atoms with Gasteiger partial charge in [-0.15, -0.1) is 0 Å². The van der Waals surface area contributed by atoms with Crippen molar-refractivity contribution in [1.29, 1.82) is 5.26 Å². The lowest BCUT2D eigenvalue weighted by Gasteiger charge is -2.49. The molecule has 7 nitrogen and oxygen atoms in total. The largest absolute Gasteiger partial charge is 0.462 e. The molecule has 0 spiro atoms. The molecule has 2 aromatic rings. The summed E-state index contributed by atoms with van der Waals surface area (Å²) in [5, 5.41) is 9.34. The molecule has 2 N–H and O–H groups in total. The van der Waals surface area contributed by atoms with E-state index < -0.39 is 59.6 Å². The predicted octanol–water partition coefficient (Wildman–Crippen LogP) is 3.97. The number of methoxy groups -OCH3 is 1. The number of aromatic nitrogens is 1. The van der Waals surface area contributed by atoms with E-state index in [0.717, 1.165) is 11.1 Å². The summed E-state index contributed by atoms with van der Waals surface area (Å²) in [5.41, 5.74) is 6.09. The zero-order valence-electron chi connectivity index (χ0n) is 20.2. The van der Waals surface area contributed by atoms with E-state index >= 15 is 8.78 Å². The number of hydrogen-bond donors (Lipinski definition) is 1. The Hall–Kier alpha value is -3.64. The molecule has 188 valence electrons. The Morgan fingerprint density at radius 1 is 1.31 bits per heavy atom. The van der Waals surface area contributed by atoms with Gasteiger partial charge in [0, 0.05) is 42.7 Å². The van der Waals surface area contributed by atoms with E-state index in [0.29, 0.717) is 11.3 Å². The van der Waals surface area contributed by atoms with E-state index in [1.54, 1.807) is 49.5 Å². The SMILES string of the molecule is CO[C@@H](C(N)=O)[C@@]12CC(F)(F)[C@@H](C)[C@H](/C=C/c3ccc(-c4ccccc4C#N)cn3)[C@@H]1[C@@H](C)OC2=O. The molecular formula is C27H27F2N3O4. The van der Waals surface area contributed by atoms with E-state index in [1.807, 2.05) is 12.1 Å². The summed E-state index contributed by atoms with van der Waals surface area (Å²) in [4.78, 5) is 29.6. The Morgan fingerprint density at radius 3 is 2.64 bits per heavy atom. The number of carbonyl (C=O) groups is 2. The summed E-state index contributed by atoms with van der Waals surface area (Å²) in [6.45, 7) is 3.06. The van der Waals surface area contributed by atoms with Crippen molar-refractivity contribution in [3.05, 3.63) is 59.9 Å². The number of fused-ring (bicyclic) bond motifs is 1. The number of benzene rings is 1. The van der Waals surface area contributed by atoms with Crippen LogP contribution in [0.4, 0.5) is 8.78 Å². The summed E-state index contributed by atoms with van der Waals surface area (Å²) in [7, 11) is 1.18. The summed E-state index contributed by atoms with van der Waals surface area (Å²) in [6.07, 6.45) is 1.68. The molecule has 1 saturated heterocycles. The highest BCUT2D eigenvalue weighted by Crippen LogP contribution is 2.61. The van der Waals surface area contributed by atoms with Crippen molar-refractivity contribution in [3.8, 4) is 17.2 Å². The van der Waals surface area contributed by atoms with Crippen LogP contribution in [0.15, 0.2) is 48.7 Å². The Labute approximate surface area is 207 Å². The quantitative estimate of drug-likeness (QED) is 0.607. The van der Waals surface area contributed by atoms with Gasteiger partial charge in [0.2, 0.25) is 5.91 Å². The molecule has 1 aliphatic carbocycles. The van der Waals surface area contributed by atoms with Gasteiger partial charge in [0.15, 0.2) is 6.10 Å². The number of nitrogens with two attached hydrogens (primary N) is 1. The fraction of sp³-hybridized carbons (Fsp3) is 0.407. The molecule has 2 aliphatic rings. The zero-order valence-corrected chi connectivity index (χ0v) is 20.2. The zero-order chi connectivity index (χ0) is 26.3. The number of primary amides is 1. The lowest BCUT2D eigenvalue weighted by Crippen LogP contribution is -2.61. The standard InChI is InChI=1S/C27H27F2N3O4/c1-15-20(11-10-19-9-8-18(13-32-19)21-7-5-4-6-17(21)12-30)22-16(2)36-25(34)26(22,14-27(15,28)29)23(35-3)24(31)33/h4-11,13,15-16,20,22-23H,14H2,1-3H3,(H2,31,33)/b11-10+/t15-,16+,20-,22-,23-,26+/m0/s1. The minimum Gasteiger partial charge on any atom is -0.462 e. The van der Waals surface area contributed by atoms with Gasteiger partial charge in [0.25, 0.3) is 5.92 Å². The van der Waals surface area contributed by atoms with Crippen molar-refractivity contribution in [2.75, 3.05) is 7.11 Å². The number of carbonyl (C=O) groups excluding carboxylic acids is 2. The third kappa shape index (κ3) is 4.05. The lowest BCUT2D eigenvalue weighted by molar-refractivity contribution is -0.195. The van der Waals surface area contributed by atoms with Gasteiger partial charge in [0.05, 0.1) is 17.3 Å². The molecule has 0 radical (unpaired) electrons. The van der Waals surface area contributed by atoms with Gasteiger partial charge in [-0.3, -0.25) is 14.6 Å². The number of rotatable bonds is 6. The minimum absolute atomic E-state index is 0.510. The second kappa shape index (κ2) is 9.43. The molecule has 2 heterocycles. The molecule has 9 heteroatoms. The van der Waals surface area contributed by atoms with E-state index in [-0.39, 0.29) is 0 Å². The van der Waals surface area contributed by atoms with Gasteiger partial charge in [-0.1, -0.05) is 37.3 Å². The van der Waals surface area contributed by atoms with Crippen LogP contribution < -0.4 is 5.73 Å². The maximum Gasteiger partial charge on any atom is 0.316 e. The summed E-state index contributed by atoms with van der Waals surface area (Å²) >= 11 is 0. The van der Waals surface area contributed by atoms with Crippen LogP contribution in [0.2, 0.25) is 0 Å². The number of hydrogen-bond acceptors (Lipinski definition) is 6. The van der Waals surface area contributed by atoms with Crippen LogP contribution in [0.5, 0.6) is 0 Å². The average Bonchev–Trinajstić information content (AvgIpc) is 3.08. The lowest BCUT2D eigenvalue weighted by atomic mass is 9.54. The highest BCUT2D eigenvalue weighted by Gasteiger charge is 2.71. The van der Waals surface area contributed by atoms with Gasteiger partial charge in [-0.05, 0) is 31.1 Å². The maximum absolute atomic E-state index is 15.3. The van der Waals surface area contributed by atoms with Crippen LogP contribution in [0.25, 0.3) is 17.2 Å². The number of nitriles is 1. The van der Waals surface area contributed by atoms with Gasteiger partial charge in [-0.25, -0.2) is 8.78 Å². The number of halogens is 2. The van der Waals surface area contributed by atoms with Crippen molar-refractivity contribution < 1.29 is 27.8 Å². The third-order valence-corrected chi connectivity index (χ3v) is 7.56. The molecule has 1 amide bonds. The number of alkyl halides is 2. The average molecular weight is 496 g/mol. The highest BCUT2D eigenvalue weighted by atomic mass is 19.3. The molecule has 1 aromatic heterocycles. The van der Waals surface area contributed by atoms with Crippen molar-refractivity contribution in [2.45, 2.75) is 38.4 Å². The Balaban J connectivity index is 1.71. The monoisotopic (exact) mass is 495 g/mol. The highest BCUT2D eigenvalue weighted by molar-refractivity contribution is 5.91. The first-order valence-electron chi connectivity index (χ1n) is 11.6. The molecule has 2 fully saturated rings. The van der Waals surface area contributed by atoms with Crippen LogP contribution in [0.3, 0.4) is 0 Å². The molecular weight excluding hydrogens is 468 g/mol. The Kier molecular flexibility index (Phi) is 6.67. The number of allylic oxidation sites excluding steroid dienone is 1. The molecule has 0 bridgehead atoms. The third-order valence-electron chi connectivity index (χ3n) is 7.56. The van der Waals surface area contributed by atoms with Crippen LogP contribution in [0.1, 0.15) is 31.5 Å². The van der Waals surface area contributed by atoms with Gasteiger partial charge in [-0.2, -0.15) is 5.26 Å². The molecule has 0 unspecified atom stereocenters. The van der Waals surface area contributed by atoms with E-state index in [9.17, 15) is 14.9 Å². The molecule has 6 atom stereocenters. The summed E-state index contributed by atoms with van der Waals surface area (Å²) in [5.74, 6) is -7.89. The summed E-state index contributed by atoms with van der Waals surface area (Å²) < 4.78 is 41.3. The molecule has 1 aromatic carbocycles. The topological polar surface area (TPSA) is 115 Å². The normalized spacial score (nSPS) is 29.8. The second-order valence-corrected chi connectivity index (χ2v) is 9.49. The minimum atomic E-state index is -3.28. The van der Waals surface area contributed by atoms with Crippen molar-refractivity contribution in [3.63, 3.8) is 0 Å². The van der Waals surface area contributed by atoms with E-state index in [4.69, 9.17) is 15.2 Å². The first kappa shape index (κ1) is 25.5.